The van der Waals surface area contributed by atoms with Gasteiger partial charge in [-0.1, -0.05) is 0 Å². The van der Waals surface area contributed by atoms with Crippen LogP contribution in [-0.4, -0.2) is 26.4 Å². The van der Waals surface area contributed by atoms with Crippen molar-refractivity contribution in [2.45, 2.75) is 0 Å². The molecule has 0 aromatic carbocycles. The Morgan fingerprint density at radius 1 is 1.00 bits per heavy atom. The average molecular weight is 87.7 g/mol. The lowest BCUT2D eigenvalue weighted by Crippen LogP contribution is -1.38. The Balaban J connectivity index is -0.00000000500. The maximum atomic E-state index is 4.00. The van der Waals surface area contributed by atoms with E-state index in [2.05, 4.69) is 15.5 Å². The van der Waals surface area contributed by atoms with Crippen LogP contribution in [0.15, 0.2) is 0 Å². The summed E-state index contributed by atoms with van der Waals surface area (Å²) in [7, 11) is 8.00. The van der Waals surface area contributed by atoms with Crippen molar-refractivity contribution in [1.29, 1.82) is 0 Å². The Hall–Kier alpha value is 0.777. The summed E-state index contributed by atoms with van der Waals surface area (Å²) in [5.41, 5.74) is 0. The standard InChI is InChI=1S/B2.H3P.H4Si/c1-2;;/h;1H3;1H4. The molecule has 1 atom stereocenters. The van der Waals surface area contributed by atoms with Crippen molar-refractivity contribution in [3.63, 3.8) is 0 Å². The SMILES string of the molecule is P.[B][B].[SiH4]. The van der Waals surface area contributed by atoms with Crippen molar-refractivity contribution in [3.05, 3.63) is 0 Å². The first-order chi connectivity index (χ1) is 1.00. The van der Waals surface area contributed by atoms with E-state index in [1.807, 2.05) is 0 Å². The molecule has 0 aromatic heterocycles. The lowest BCUT2D eigenvalue weighted by Gasteiger charge is -1.00. The quantitative estimate of drug-likeness (QED) is 0.234. The summed E-state index contributed by atoms with van der Waals surface area (Å²) in [5.74, 6) is 0. The van der Waals surface area contributed by atoms with E-state index >= 15 is 0 Å². The highest BCUT2D eigenvalue weighted by atomic mass is 31.0. The molecule has 0 bridgehead atoms. The van der Waals surface area contributed by atoms with Crippen LogP contribution in [0.25, 0.3) is 0 Å². The minimum absolute atomic E-state index is 0. The Morgan fingerprint density at radius 3 is 1.00 bits per heavy atom. The number of hydrogen-bond acceptors (Lipinski definition) is 0. The summed E-state index contributed by atoms with van der Waals surface area (Å²) in [4.78, 5) is 0. The molecule has 0 aromatic rings. The summed E-state index contributed by atoms with van der Waals surface area (Å²) in [6, 6.07) is 0. The maximum Gasteiger partial charge on any atom is 0 e. The lowest BCUT2D eigenvalue weighted by molar-refractivity contribution is 4.75. The molecule has 4 heteroatoms. The fraction of sp³-hybridized carbons (Fsp3) is 0. The van der Waals surface area contributed by atoms with Crippen molar-refractivity contribution >= 4 is 36.3 Å². The molecule has 0 fully saturated rings. The molecule has 0 saturated heterocycles. The highest BCUT2D eigenvalue weighted by Gasteiger charge is 1.00. The minimum atomic E-state index is 0. The second kappa shape index (κ2) is 48.3. The molecule has 0 nitrogen and oxygen atoms in total. The van der Waals surface area contributed by atoms with Crippen LogP contribution in [0.1, 0.15) is 0 Å². The first-order valence-electron chi connectivity index (χ1n) is 0.333. The van der Waals surface area contributed by atoms with Gasteiger partial charge < -0.3 is 0 Å². The van der Waals surface area contributed by atoms with Gasteiger partial charge in [0, 0.05) is 15.5 Å². The van der Waals surface area contributed by atoms with Gasteiger partial charge in [0.05, 0.1) is 0 Å². The molecular formula is H7B2PSi. The van der Waals surface area contributed by atoms with Crippen LogP contribution in [0.5, 0.6) is 0 Å². The molecule has 0 heterocycles. The van der Waals surface area contributed by atoms with E-state index in [0.717, 1.165) is 0 Å². The maximum absolute atomic E-state index is 4.00. The lowest BCUT2D eigenvalue weighted by atomic mass is 9.81. The van der Waals surface area contributed by atoms with Gasteiger partial charge in [-0.05, 0) is 11.0 Å². The van der Waals surface area contributed by atoms with E-state index in [1.54, 1.807) is 0 Å². The third-order valence-corrected chi connectivity index (χ3v) is 0. The Labute approximate surface area is 37.2 Å². The normalized spacial score (nSPS) is 1.00. The highest BCUT2D eigenvalue weighted by molar-refractivity contribution is 6.92. The zero-order valence-corrected chi connectivity index (χ0v) is 3.28. The topological polar surface area (TPSA) is 0 Å². The molecule has 0 saturated carbocycles. The van der Waals surface area contributed by atoms with Gasteiger partial charge >= 0.3 is 0 Å². The van der Waals surface area contributed by atoms with Crippen LogP contribution >= 0.6 is 9.90 Å². The van der Waals surface area contributed by atoms with Gasteiger partial charge in [-0.15, -0.1) is 0 Å². The third kappa shape index (κ3) is 14.5. The van der Waals surface area contributed by atoms with Crippen LogP contribution < -0.4 is 0 Å². The van der Waals surface area contributed by atoms with Crippen molar-refractivity contribution in [1.82, 2.24) is 0 Å². The second-order valence-electron chi connectivity index (χ2n) is 0. The zero-order valence-electron chi connectivity index (χ0n) is 1.86. The van der Waals surface area contributed by atoms with Crippen LogP contribution in [-0.2, 0) is 0 Å². The van der Waals surface area contributed by atoms with Gasteiger partial charge in [0.15, 0.2) is 0 Å². The monoisotopic (exact) mass is 88.0 g/mol. The van der Waals surface area contributed by atoms with Gasteiger partial charge in [0.2, 0.25) is 0 Å². The van der Waals surface area contributed by atoms with Gasteiger partial charge in [-0.25, -0.2) is 0 Å². The molecule has 0 rings (SSSR count). The molecule has 1 unspecified atom stereocenters. The van der Waals surface area contributed by atoms with Crippen molar-refractivity contribution in [2.24, 2.45) is 0 Å². The molecule has 0 aliphatic rings. The predicted octanol–water partition coefficient (Wildman–Crippen LogP) is -2.16. The predicted molar refractivity (Wildman–Crippen MR) is 33.9 cm³/mol. The smallest absolute Gasteiger partial charge is 0 e. The van der Waals surface area contributed by atoms with E-state index in [9.17, 15) is 0 Å². The van der Waals surface area contributed by atoms with Gasteiger partial charge in [-0.3, -0.25) is 0 Å². The molecule has 4 radical (unpaired) electrons. The molecule has 0 aliphatic heterocycles. The zero-order chi connectivity index (χ0) is 2.00. The summed E-state index contributed by atoms with van der Waals surface area (Å²) < 4.78 is 0. The first kappa shape index (κ1) is 21.6. The minimum Gasteiger partial charge on any atom is -0.153 e. The van der Waals surface area contributed by atoms with Gasteiger partial charge in [0.1, 0.15) is 0 Å². The van der Waals surface area contributed by atoms with E-state index in [0.29, 0.717) is 0 Å². The van der Waals surface area contributed by atoms with Crippen molar-refractivity contribution < 1.29 is 0 Å². The van der Waals surface area contributed by atoms with E-state index in [1.165, 1.54) is 0 Å². The van der Waals surface area contributed by atoms with Gasteiger partial charge in [0.25, 0.3) is 0 Å². The molecule has 0 amide bonds. The Kier molecular flexibility index (Phi) is 260. The van der Waals surface area contributed by atoms with E-state index < -0.39 is 0 Å². The first-order valence-corrected chi connectivity index (χ1v) is 0.333. The Bertz CT molecular complexity index is 6.00. The molecule has 22 valence electrons. The third-order valence-electron chi connectivity index (χ3n) is 0. The van der Waals surface area contributed by atoms with Gasteiger partial charge in [-0.2, -0.15) is 9.90 Å². The summed E-state index contributed by atoms with van der Waals surface area (Å²) >= 11 is 0. The van der Waals surface area contributed by atoms with E-state index in [4.69, 9.17) is 0 Å². The number of hydrogen-bond donors (Lipinski definition) is 0. The highest BCUT2D eigenvalue weighted by Crippen LogP contribution is 0.861. The fourth-order valence-electron chi connectivity index (χ4n) is 0. The van der Waals surface area contributed by atoms with Crippen molar-refractivity contribution in [3.8, 4) is 0 Å². The molecule has 0 spiro atoms. The second-order valence-corrected chi connectivity index (χ2v) is 0. The molecule has 0 aliphatic carbocycles. The fourth-order valence-corrected chi connectivity index (χ4v) is 0. The van der Waals surface area contributed by atoms with Crippen molar-refractivity contribution in [2.75, 3.05) is 0 Å². The number of rotatable bonds is 0. The van der Waals surface area contributed by atoms with Crippen LogP contribution in [0.3, 0.4) is 0 Å². The molecular weight excluding hydrogens is 80.7 g/mol. The molecule has 0 N–H and O–H groups in total. The summed E-state index contributed by atoms with van der Waals surface area (Å²) in [6.45, 7) is 0. The summed E-state index contributed by atoms with van der Waals surface area (Å²) in [5, 5.41) is 0. The van der Waals surface area contributed by atoms with Crippen LogP contribution in [0.4, 0.5) is 0 Å². The Morgan fingerprint density at radius 2 is 1.00 bits per heavy atom. The molecule has 4 heavy (non-hydrogen) atoms. The largest absolute Gasteiger partial charge is 0.153 e. The van der Waals surface area contributed by atoms with E-state index in [-0.39, 0.29) is 20.9 Å². The average Bonchev–Trinajstić information content (AvgIpc) is 1.00. The summed E-state index contributed by atoms with van der Waals surface area (Å²) in [6.07, 6.45) is 0. The van der Waals surface area contributed by atoms with Crippen LogP contribution in [0, 0.1) is 0 Å². The van der Waals surface area contributed by atoms with Crippen LogP contribution in [0.2, 0.25) is 0 Å².